The number of nitrogens with one attached hydrogen (secondary N) is 2. The van der Waals surface area contributed by atoms with Crippen molar-refractivity contribution in [3.8, 4) is 0 Å². The molecule has 9 nitrogen and oxygen atoms in total. The summed E-state index contributed by atoms with van der Waals surface area (Å²) < 4.78 is 2.45. The Morgan fingerprint density at radius 1 is 1.19 bits per heavy atom. The number of carbonyl (C=O) groups is 2. The van der Waals surface area contributed by atoms with E-state index in [1.54, 1.807) is 0 Å². The van der Waals surface area contributed by atoms with Crippen LogP contribution in [0, 0.1) is 0 Å². The van der Waals surface area contributed by atoms with Gasteiger partial charge >= 0.3 is 5.69 Å². The summed E-state index contributed by atoms with van der Waals surface area (Å²) in [4.78, 5) is 50.0. The van der Waals surface area contributed by atoms with E-state index in [-0.39, 0.29) is 23.7 Å². The van der Waals surface area contributed by atoms with Crippen molar-refractivity contribution in [2.75, 3.05) is 18.4 Å². The van der Waals surface area contributed by atoms with E-state index in [4.69, 9.17) is 0 Å². The Bertz CT molecular complexity index is 851. The fourth-order valence-electron chi connectivity index (χ4n) is 3.71. The molecule has 2 aliphatic rings. The van der Waals surface area contributed by atoms with E-state index in [0.717, 1.165) is 49.8 Å². The number of carbonyl (C=O) groups excluding carboxylic acids is 2. The summed E-state index contributed by atoms with van der Waals surface area (Å²) in [5, 5.41) is 4.52. The normalized spacial score (nSPS) is 19.6. The number of fused-ring (bicyclic) bond motifs is 1. The molecule has 1 aromatic rings. The van der Waals surface area contributed by atoms with E-state index in [1.807, 2.05) is 11.9 Å². The fraction of sp³-hybridized carbons (Fsp3) is 0.667. The molecule has 1 saturated heterocycles. The first-order chi connectivity index (χ1) is 12.9. The molecule has 1 fully saturated rings. The van der Waals surface area contributed by atoms with E-state index in [1.165, 1.54) is 11.6 Å². The van der Waals surface area contributed by atoms with Crippen LogP contribution in [0.3, 0.4) is 0 Å². The number of anilines is 1. The van der Waals surface area contributed by atoms with E-state index in [9.17, 15) is 19.2 Å². The van der Waals surface area contributed by atoms with E-state index in [2.05, 4.69) is 10.7 Å². The van der Waals surface area contributed by atoms with Gasteiger partial charge < -0.3 is 5.32 Å². The Labute approximate surface area is 157 Å². The summed E-state index contributed by atoms with van der Waals surface area (Å²) in [6.07, 6.45) is 4.71. The van der Waals surface area contributed by atoms with Crippen molar-refractivity contribution in [2.24, 2.45) is 7.05 Å². The Kier molecular flexibility index (Phi) is 5.79. The van der Waals surface area contributed by atoms with Gasteiger partial charge in [-0.15, -0.1) is 0 Å². The highest BCUT2D eigenvalue weighted by Gasteiger charge is 2.38. The molecule has 0 aromatic carbocycles. The minimum Gasteiger partial charge on any atom is -0.311 e. The van der Waals surface area contributed by atoms with E-state index < -0.39 is 23.1 Å². The Morgan fingerprint density at radius 2 is 1.89 bits per heavy atom. The quantitative estimate of drug-likeness (QED) is 0.741. The lowest BCUT2D eigenvalue weighted by atomic mass is 9.99. The largest absolute Gasteiger partial charge is 0.332 e. The third-order valence-corrected chi connectivity index (χ3v) is 5.25. The van der Waals surface area contributed by atoms with Crippen LogP contribution in [0.15, 0.2) is 9.59 Å². The van der Waals surface area contributed by atoms with Crippen LogP contribution in [-0.2, 0) is 23.2 Å². The maximum atomic E-state index is 12.7. The van der Waals surface area contributed by atoms with Crippen LogP contribution in [0.5, 0.6) is 0 Å². The van der Waals surface area contributed by atoms with Gasteiger partial charge in [-0.05, 0) is 19.3 Å². The molecule has 148 valence electrons. The predicted molar refractivity (Wildman–Crippen MR) is 100 cm³/mol. The first-order valence-electron chi connectivity index (χ1n) is 9.63. The molecule has 9 heteroatoms. The van der Waals surface area contributed by atoms with Gasteiger partial charge in [-0.3, -0.25) is 28.9 Å². The summed E-state index contributed by atoms with van der Waals surface area (Å²) in [6.45, 7) is 3.99. The molecule has 2 aliphatic heterocycles. The standard InChI is InChI=1S/C18H27N5O4/c1-3-4-10-23-15-14(17(26)21(2)18(23)27)12(16(25)19-15)11-13(24)20-22-8-6-5-7-9-22/h12H,3-11H2,1-2H3,(H,19,25)(H,20,24). The van der Waals surface area contributed by atoms with Crippen LogP contribution in [0.2, 0.25) is 0 Å². The Balaban J connectivity index is 1.86. The van der Waals surface area contributed by atoms with Gasteiger partial charge in [0.2, 0.25) is 11.8 Å². The third kappa shape index (κ3) is 3.83. The third-order valence-electron chi connectivity index (χ3n) is 5.25. The number of aromatic nitrogens is 2. The van der Waals surface area contributed by atoms with Crippen LogP contribution < -0.4 is 22.0 Å². The van der Waals surface area contributed by atoms with Crippen molar-refractivity contribution in [2.45, 2.75) is 57.9 Å². The molecule has 0 aliphatic carbocycles. The molecule has 1 atom stereocenters. The van der Waals surface area contributed by atoms with Crippen molar-refractivity contribution in [3.63, 3.8) is 0 Å². The lowest BCUT2D eigenvalue weighted by Crippen LogP contribution is -2.46. The van der Waals surface area contributed by atoms with Gasteiger partial charge in [0.05, 0.1) is 11.5 Å². The summed E-state index contributed by atoms with van der Waals surface area (Å²) >= 11 is 0. The minimum atomic E-state index is -0.878. The van der Waals surface area contributed by atoms with Gasteiger partial charge in [-0.1, -0.05) is 19.8 Å². The molecule has 2 N–H and O–H groups in total. The van der Waals surface area contributed by atoms with Crippen molar-refractivity contribution < 1.29 is 9.59 Å². The number of amides is 2. The molecule has 0 bridgehead atoms. The molecule has 3 rings (SSSR count). The van der Waals surface area contributed by atoms with Crippen LogP contribution in [0.1, 0.15) is 56.9 Å². The number of rotatable bonds is 6. The maximum absolute atomic E-state index is 12.7. The second-order valence-electron chi connectivity index (χ2n) is 7.24. The highest BCUT2D eigenvalue weighted by molar-refractivity contribution is 6.03. The van der Waals surface area contributed by atoms with Crippen molar-refractivity contribution >= 4 is 17.6 Å². The topological polar surface area (TPSA) is 105 Å². The summed E-state index contributed by atoms with van der Waals surface area (Å²) in [5.74, 6) is -1.33. The molecule has 27 heavy (non-hydrogen) atoms. The average molecular weight is 377 g/mol. The zero-order valence-electron chi connectivity index (χ0n) is 15.9. The van der Waals surface area contributed by atoms with Gasteiger partial charge in [-0.25, -0.2) is 9.80 Å². The van der Waals surface area contributed by atoms with Gasteiger partial charge in [0.25, 0.3) is 5.56 Å². The minimum absolute atomic E-state index is 0.115. The average Bonchev–Trinajstić information content (AvgIpc) is 2.97. The fourth-order valence-corrected chi connectivity index (χ4v) is 3.71. The zero-order chi connectivity index (χ0) is 19.6. The lowest BCUT2D eigenvalue weighted by Gasteiger charge is -2.27. The number of hydrazine groups is 1. The second kappa shape index (κ2) is 8.08. The highest BCUT2D eigenvalue weighted by atomic mass is 16.2. The lowest BCUT2D eigenvalue weighted by molar-refractivity contribution is -0.129. The van der Waals surface area contributed by atoms with Crippen LogP contribution in [0.4, 0.5) is 5.82 Å². The van der Waals surface area contributed by atoms with E-state index in [0.29, 0.717) is 6.54 Å². The number of hydrogen-bond acceptors (Lipinski definition) is 5. The molecule has 2 amide bonds. The predicted octanol–water partition coefficient (Wildman–Crippen LogP) is 0.290. The number of nitrogens with zero attached hydrogens (tertiary/aromatic N) is 3. The molecule has 1 aromatic heterocycles. The van der Waals surface area contributed by atoms with Crippen molar-refractivity contribution in [3.05, 3.63) is 26.4 Å². The molecular formula is C18H27N5O4. The highest BCUT2D eigenvalue weighted by Crippen LogP contribution is 2.31. The monoisotopic (exact) mass is 377 g/mol. The van der Waals surface area contributed by atoms with Crippen LogP contribution in [-0.4, -0.2) is 39.0 Å². The van der Waals surface area contributed by atoms with Gasteiger partial charge in [0, 0.05) is 33.1 Å². The van der Waals surface area contributed by atoms with Crippen molar-refractivity contribution in [1.29, 1.82) is 0 Å². The molecule has 0 saturated carbocycles. The van der Waals surface area contributed by atoms with Crippen LogP contribution in [0.25, 0.3) is 0 Å². The number of piperidine rings is 1. The number of unbranched alkanes of at least 4 members (excludes halogenated alkanes) is 1. The van der Waals surface area contributed by atoms with Gasteiger partial charge in [-0.2, -0.15) is 0 Å². The van der Waals surface area contributed by atoms with Crippen molar-refractivity contribution in [1.82, 2.24) is 19.6 Å². The summed E-state index contributed by atoms with van der Waals surface area (Å²) in [6, 6.07) is 0. The van der Waals surface area contributed by atoms with Crippen LogP contribution >= 0.6 is 0 Å². The van der Waals surface area contributed by atoms with E-state index >= 15 is 0 Å². The second-order valence-corrected chi connectivity index (χ2v) is 7.24. The molecule has 0 radical (unpaired) electrons. The van der Waals surface area contributed by atoms with Gasteiger partial charge in [0.15, 0.2) is 0 Å². The zero-order valence-corrected chi connectivity index (χ0v) is 15.9. The molecule has 3 heterocycles. The first kappa shape index (κ1) is 19.3. The first-order valence-corrected chi connectivity index (χ1v) is 9.63. The maximum Gasteiger partial charge on any atom is 0.332 e. The molecule has 0 spiro atoms. The Hall–Kier alpha value is -2.42. The molecule has 1 unspecified atom stereocenters. The number of hydrogen-bond donors (Lipinski definition) is 2. The Morgan fingerprint density at radius 3 is 2.56 bits per heavy atom. The van der Waals surface area contributed by atoms with Gasteiger partial charge in [0.1, 0.15) is 5.82 Å². The molecular weight excluding hydrogens is 350 g/mol. The smallest absolute Gasteiger partial charge is 0.311 e. The summed E-state index contributed by atoms with van der Waals surface area (Å²) in [7, 11) is 1.40. The summed E-state index contributed by atoms with van der Waals surface area (Å²) in [5.41, 5.74) is 2.07. The SMILES string of the molecule is CCCCn1c2c(c(=O)n(C)c1=O)C(CC(=O)NN1CCCCC1)C(=O)N2.